The fourth-order valence-electron chi connectivity index (χ4n) is 4.92. The first-order valence-electron chi connectivity index (χ1n) is 11.1. The molecule has 0 N–H and O–H groups in total. The predicted octanol–water partition coefficient (Wildman–Crippen LogP) is 8.49. The van der Waals surface area contributed by atoms with Crippen LogP contribution in [0.5, 0.6) is 0 Å². The molecule has 0 radical (unpaired) electrons. The van der Waals surface area contributed by atoms with Crippen LogP contribution < -0.4 is 0 Å². The summed E-state index contributed by atoms with van der Waals surface area (Å²) >= 11 is 0. The zero-order chi connectivity index (χ0) is 21.7. The second-order valence-corrected chi connectivity index (χ2v) is 8.52. The van der Waals surface area contributed by atoms with Crippen LogP contribution in [0, 0.1) is 13.8 Å². The molecule has 0 atom stereocenters. The maximum absolute atomic E-state index is 4.94. The van der Waals surface area contributed by atoms with Gasteiger partial charge in [-0.25, -0.2) is 0 Å². The predicted molar refractivity (Wildman–Crippen MR) is 137 cm³/mol. The van der Waals surface area contributed by atoms with Crippen molar-refractivity contribution in [3.63, 3.8) is 0 Å². The molecule has 0 unspecified atom stereocenters. The molecule has 0 spiro atoms. The van der Waals surface area contributed by atoms with Crippen molar-refractivity contribution < 1.29 is 0 Å². The van der Waals surface area contributed by atoms with E-state index in [1.165, 1.54) is 60.3 Å². The fraction of sp³-hybridized carbons (Fsp3) is 0.0645. The van der Waals surface area contributed by atoms with E-state index in [9.17, 15) is 0 Å². The van der Waals surface area contributed by atoms with Crippen molar-refractivity contribution in [2.24, 2.45) is 0 Å². The summed E-state index contributed by atoms with van der Waals surface area (Å²) in [6.45, 7) is 4.35. The maximum atomic E-state index is 4.94. The molecule has 6 aromatic rings. The Bertz CT molecular complexity index is 1580. The number of fused-ring (bicyclic) bond motifs is 3. The number of hydrogen-bond donors (Lipinski definition) is 0. The van der Waals surface area contributed by atoms with Crippen molar-refractivity contribution in [2.75, 3.05) is 0 Å². The monoisotopic (exact) mass is 409 g/mol. The minimum absolute atomic E-state index is 1.05. The van der Waals surface area contributed by atoms with Gasteiger partial charge in [0.2, 0.25) is 0 Å². The van der Waals surface area contributed by atoms with Crippen molar-refractivity contribution >= 4 is 32.4 Å². The molecule has 152 valence electrons. The van der Waals surface area contributed by atoms with Gasteiger partial charge in [-0.05, 0) is 69.3 Å². The smallest absolute Gasteiger partial charge is 0.0793 e. The number of hydrogen-bond acceptors (Lipinski definition) is 1. The summed E-state index contributed by atoms with van der Waals surface area (Å²) in [5, 5.41) is 6.20. The standard InChI is InChI=1S/C31H23N/c1-20-16-17-23(19-21(20)2)29-26-12-5-6-13-27(26)30(31-28(29)15-8-18-32-31)25-14-7-10-22-9-3-4-11-24(22)25/h3-19H,1-2H3. The van der Waals surface area contributed by atoms with E-state index in [0.29, 0.717) is 0 Å². The van der Waals surface area contributed by atoms with Crippen LogP contribution in [-0.4, -0.2) is 4.98 Å². The zero-order valence-corrected chi connectivity index (χ0v) is 18.3. The highest BCUT2D eigenvalue weighted by Crippen LogP contribution is 2.44. The summed E-state index contributed by atoms with van der Waals surface area (Å²) in [6.07, 6.45) is 1.91. The van der Waals surface area contributed by atoms with E-state index in [1.807, 2.05) is 6.20 Å². The highest BCUT2D eigenvalue weighted by molar-refractivity contribution is 6.22. The van der Waals surface area contributed by atoms with Gasteiger partial charge in [-0.3, -0.25) is 4.98 Å². The van der Waals surface area contributed by atoms with Gasteiger partial charge in [-0.1, -0.05) is 91.0 Å². The minimum Gasteiger partial charge on any atom is -0.256 e. The van der Waals surface area contributed by atoms with Crippen molar-refractivity contribution in [1.29, 1.82) is 0 Å². The van der Waals surface area contributed by atoms with Crippen LogP contribution in [0.25, 0.3) is 54.7 Å². The first kappa shape index (κ1) is 18.8. The van der Waals surface area contributed by atoms with E-state index >= 15 is 0 Å². The number of rotatable bonds is 2. The molecule has 0 aliphatic rings. The molecule has 5 aromatic carbocycles. The van der Waals surface area contributed by atoms with Gasteiger partial charge >= 0.3 is 0 Å². The average molecular weight is 410 g/mol. The molecule has 0 amide bonds. The third-order valence-corrected chi connectivity index (χ3v) is 6.63. The van der Waals surface area contributed by atoms with E-state index < -0.39 is 0 Å². The fourth-order valence-corrected chi connectivity index (χ4v) is 4.92. The van der Waals surface area contributed by atoms with Crippen molar-refractivity contribution in [2.45, 2.75) is 13.8 Å². The lowest BCUT2D eigenvalue weighted by Gasteiger charge is -2.18. The Morgan fingerprint density at radius 3 is 2.03 bits per heavy atom. The summed E-state index contributed by atoms with van der Waals surface area (Å²) in [5.74, 6) is 0. The topological polar surface area (TPSA) is 12.9 Å². The van der Waals surface area contributed by atoms with Crippen LogP contribution in [0.4, 0.5) is 0 Å². The van der Waals surface area contributed by atoms with E-state index in [0.717, 1.165) is 5.52 Å². The molecule has 0 bridgehead atoms. The van der Waals surface area contributed by atoms with Crippen LogP contribution in [0.15, 0.2) is 103 Å². The van der Waals surface area contributed by atoms with Crippen molar-refractivity contribution in [3.05, 3.63) is 114 Å². The lowest BCUT2D eigenvalue weighted by Crippen LogP contribution is -1.93. The van der Waals surface area contributed by atoms with Crippen LogP contribution in [-0.2, 0) is 0 Å². The lowest BCUT2D eigenvalue weighted by molar-refractivity contribution is 1.34. The van der Waals surface area contributed by atoms with Crippen LogP contribution in [0.3, 0.4) is 0 Å². The first-order chi connectivity index (χ1) is 15.7. The summed E-state index contributed by atoms with van der Waals surface area (Å²) < 4.78 is 0. The third-order valence-electron chi connectivity index (χ3n) is 6.63. The molecule has 1 heterocycles. The Morgan fingerprint density at radius 1 is 0.531 bits per heavy atom. The summed E-state index contributed by atoms with van der Waals surface area (Å²) in [5.41, 5.74) is 8.61. The van der Waals surface area contributed by atoms with Crippen LogP contribution >= 0.6 is 0 Å². The van der Waals surface area contributed by atoms with E-state index in [-0.39, 0.29) is 0 Å². The van der Waals surface area contributed by atoms with Gasteiger partial charge in [0.15, 0.2) is 0 Å². The summed E-state index contributed by atoms with van der Waals surface area (Å²) in [6, 6.07) is 35.0. The normalized spacial score (nSPS) is 11.4. The van der Waals surface area contributed by atoms with Gasteiger partial charge in [0.05, 0.1) is 5.52 Å². The second-order valence-electron chi connectivity index (χ2n) is 8.52. The van der Waals surface area contributed by atoms with Gasteiger partial charge in [0.25, 0.3) is 0 Å². The highest BCUT2D eigenvalue weighted by Gasteiger charge is 2.18. The molecular weight excluding hydrogens is 386 g/mol. The molecule has 0 aliphatic carbocycles. The third kappa shape index (κ3) is 2.82. The number of benzene rings is 5. The quantitative estimate of drug-likeness (QED) is 0.261. The minimum atomic E-state index is 1.05. The van der Waals surface area contributed by atoms with Gasteiger partial charge in [-0.15, -0.1) is 0 Å². The molecule has 1 nitrogen and oxygen atoms in total. The van der Waals surface area contributed by atoms with E-state index in [1.54, 1.807) is 0 Å². The maximum Gasteiger partial charge on any atom is 0.0793 e. The largest absolute Gasteiger partial charge is 0.256 e. The Balaban J connectivity index is 1.82. The van der Waals surface area contributed by atoms with E-state index in [2.05, 4.69) is 111 Å². The first-order valence-corrected chi connectivity index (χ1v) is 11.1. The molecular formula is C31H23N. The van der Waals surface area contributed by atoms with Crippen molar-refractivity contribution in [1.82, 2.24) is 4.98 Å². The summed E-state index contributed by atoms with van der Waals surface area (Å²) in [4.78, 5) is 4.94. The highest BCUT2D eigenvalue weighted by atomic mass is 14.7. The molecule has 6 rings (SSSR count). The zero-order valence-electron chi connectivity index (χ0n) is 18.3. The lowest BCUT2D eigenvalue weighted by atomic mass is 9.86. The molecule has 32 heavy (non-hydrogen) atoms. The second kappa shape index (κ2) is 7.32. The molecule has 0 saturated carbocycles. The van der Waals surface area contributed by atoms with Gasteiger partial charge in [0.1, 0.15) is 0 Å². The SMILES string of the molecule is Cc1ccc(-c2c3ccccc3c(-c3cccc4ccccc34)c3ncccc23)cc1C. The number of nitrogens with zero attached hydrogens (tertiary/aromatic N) is 1. The Labute approximate surface area is 188 Å². The Kier molecular flexibility index (Phi) is 4.29. The number of aryl methyl sites for hydroxylation is 2. The van der Waals surface area contributed by atoms with Gasteiger partial charge in [-0.2, -0.15) is 0 Å². The molecule has 0 saturated heterocycles. The van der Waals surface area contributed by atoms with Crippen molar-refractivity contribution in [3.8, 4) is 22.3 Å². The Hall–Kier alpha value is -3.97. The van der Waals surface area contributed by atoms with E-state index in [4.69, 9.17) is 4.98 Å². The van der Waals surface area contributed by atoms with Gasteiger partial charge < -0.3 is 0 Å². The van der Waals surface area contributed by atoms with Gasteiger partial charge in [0, 0.05) is 17.1 Å². The molecule has 1 aromatic heterocycles. The number of pyridine rings is 1. The molecule has 1 heteroatoms. The molecule has 0 aliphatic heterocycles. The molecule has 0 fully saturated rings. The number of aromatic nitrogens is 1. The van der Waals surface area contributed by atoms with Crippen LogP contribution in [0.1, 0.15) is 11.1 Å². The Morgan fingerprint density at radius 2 is 1.22 bits per heavy atom. The average Bonchev–Trinajstić information content (AvgIpc) is 2.84. The summed E-state index contributed by atoms with van der Waals surface area (Å²) in [7, 11) is 0. The van der Waals surface area contributed by atoms with Crippen LogP contribution in [0.2, 0.25) is 0 Å².